The average molecular weight is 237 g/mol. The third-order valence-corrected chi connectivity index (χ3v) is 2.08. The highest BCUT2D eigenvalue weighted by molar-refractivity contribution is 5.81. The lowest BCUT2D eigenvalue weighted by atomic mass is 10.2. The van der Waals surface area contributed by atoms with Gasteiger partial charge in [-0.25, -0.2) is 0 Å². The summed E-state index contributed by atoms with van der Waals surface area (Å²) in [6.07, 6.45) is 0.662. The molecule has 0 bridgehead atoms. The van der Waals surface area contributed by atoms with Gasteiger partial charge in [-0.3, -0.25) is 9.59 Å². The van der Waals surface area contributed by atoms with E-state index >= 15 is 0 Å². The fourth-order valence-electron chi connectivity index (χ4n) is 1.27. The van der Waals surface area contributed by atoms with E-state index in [1.54, 1.807) is 18.2 Å². The van der Waals surface area contributed by atoms with Crippen LogP contribution in [0.15, 0.2) is 18.2 Å². The summed E-state index contributed by atoms with van der Waals surface area (Å²) in [5.74, 6) is 0.713. The maximum absolute atomic E-state index is 11.2. The van der Waals surface area contributed by atoms with E-state index in [4.69, 9.17) is 9.47 Å². The highest BCUT2D eigenvalue weighted by Crippen LogP contribution is 2.22. The number of amides is 1. The summed E-state index contributed by atoms with van der Waals surface area (Å²) >= 11 is 0. The van der Waals surface area contributed by atoms with Gasteiger partial charge in [0.15, 0.2) is 12.9 Å². The molecule has 1 aromatic rings. The maximum atomic E-state index is 11.2. The van der Waals surface area contributed by atoms with Crippen LogP contribution in [0.3, 0.4) is 0 Å². The van der Waals surface area contributed by atoms with Crippen LogP contribution in [-0.2, 0) is 4.79 Å². The molecule has 1 amide bonds. The number of carbonyl (C=O) groups excluding carboxylic acids is 2. The van der Waals surface area contributed by atoms with Crippen LogP contribution in [0, 0.1) is 0 Å². The largest absolute Gasteiger partial charge is 0.497 e. The Labute approximate surface area is 99.7 Å². The highest BCUT2D eigenvalue weighted by atomic mass is 16.5. The average Bonchev–Trinajstić information content (AvgIpc) is 2.36. The third kappa shape index (κ3) is 3.79. The number of aldehydes is 1. The molecule has 0 unspecified atom stereocenters. The van der Waals surface area contributed by atoms with Gasteiger partial charge in [0.05, 0.1) is 12.7 Å². The second-order valence-electron chi connectivity index (χ2n) is 3.26. The molecule has 0 aromatic heterocycles. The molecule has 1 N–H and O–H groups in total. The smallest absolute Gasteiger partial charge is 0.257 e. The molecular weight excluding hydrogens is 222 g/mol. The number of hydrogen-bond donors (Lipinski definition) is 1. The number of hydrogen-bond acceptors (Lipinski definition) is 4. The Kier molecular flexibility index (Phi) is 5.00. The first-order valence-electron chi connectivity index (χ1n) is 5.24. The van der Waals surface area contributed by atoms with E-state index in [1.807, 2.05) is 6.92 Å². The van der Waals surface area contributed by atoms with Crippen LogP contribution in [0.5, 0.6) is 11.5 Å². The van der Waals surface area contributed by atoms with Crippen molar-refractivity contribution < 1.29 is 19.1 Å². The molecule has 1 rings (SSSR count). The monoisotopic (exact) mass is 237 g/mol. The lowest BCUT2D eigenvalue weighted by Crippen LogP contribution is -2.28. The van der Waals surface area contributed by atoms with Gasteiger partial charge >= 0.3 is 0 Å². The van der Waals surface area contributed by atoms with Crippen molar-refractivity contribution in [1.29, 1.82) is 0 Å². The molecule has 1 aromatic carbocycles. The minimum Gasteiger partial charge on any atom is -0.497 e. The van der Waals surface area contributed by atoms with Crippen LogP contribution in [0.1, 0.15) is 17.3 Å². The van der Waals surface area contributed by atoms with Crippen molar-refractivity contribution in [2.45, 2.75) is 6.92 Å². The summed E-state index contributed by atoms with van der Waals surface area (Å²) in [6.45, 7) is 2.26. The molecule has 0 aliphatic heterocycles. The van der Waals surface area contributed by atoms with Crippen molar-refractivity contribution in [3.8, 4) is 11.5 Å². The Bertz CT molecular complexity index is 403. The lowest BCUT2D eigenvalue weighted by molar-refractivity contribution is -0.122. The number of benzene rings is 1. The molecule has 0 aliphatic rings. The van der Waals surface area contributed by atoms with Crippen molar-refractivity contribution in [2.24, 2.45) is 0 Å². The fraction of sp³-hybridized carbons (Fsp3) is 0.333. The predicted octanol–water partition coefficient (Wildman–Crippen LogP) is 1.02. The first kappa shape index (κ1) is 13.0. The van der Waals surface area contributed by atoms with Crippen LogP contribution < -0.4 is 14.8 Å². The Morgan fingerprint density at radius 3 is 2.82 bits per heavy atom. The van der Waals surface area contributed by atoms with Crippen LogP contribution in [-0.4, -0.2) is 32.5 Å². The van der Waals surface area contributed by atoms with Gasteiger partial charge in [0.1, 0.15) is 11.5 Å². The summed E-state index contributed by atoms with van der Waals surface area (Å²) < 4.78 is 10.2. The van der Waals surface area contributed by atoms with Gasteiger partial charge in [-0.2, -0.15) is 0 Å². The zero-order valence-corrected chi connectivity index (χ0v) is 9.86. The second kappa shape index (κ2) is 6.52. The normalized spacial score (nSPS) is 9.53. The molecule has 17 heavy (non-hydrogen) atoms. The molecule has 0 aliphatic carbocycles. The number of ether oxygens (including phenoxy) is 2. The number of methoxy groups -OCH3 is 1. The van der Waals surface area contributed by atoms with Gasteiger partial charge < -0.3 is 14.8 Å². The van der Waals surface area contributed by atoms with Crippen molar-refractivity contribution in [3.05, 3.63) is 23.8 Å². The second-order valence-corrected chi connectivity index (χ2v) is 3.26. The van der Waals surface area contributed by atoms with Gasteiger partial charge in [0.25, 0.3) is 5.91 Å². The minimum atomic E-state index is -0.222. The topological polar surface area (TPSA) is 64.6 Å². The van der Waals surface area contributed by atoms with E-state index in [-0.39, 0.29) is 12.5 Å². The Hall–Kier alpha value is -2.04. The summed E-state index contributed by atoms with van der Waals surface area (Å²) in [5, 5.41) is 2.60. The van der Waals surface area contributed by atoms with E-state index in [2.05, 4.69) is 5.32 Å². The summed E-state index contributed by atoms with van der Waals surface area (Å²) in [7, 11) is 1.51. The number of carbonyl (C=O) groups is 2. The summed E-state index contributed by atoms with van der Waals surface area (Å²) in [4.78, 5) is 22.0. The molecule has 0 atom stereocenters. The minimum absolute atomic E-state index is 0.110. The number of likely N-dealkylation sites (N-methyl/N-ethyl adjacent to an activating group) is 1. The maximum Gasteiger partial charge on any atom is 0.257 e. The molecule has 0 saturated heterocycles. The van der Waals surface area contributed by atoms with Gasteiger partial charge in [0, 0.05) is 6.54 Å². The van der Waals surface area contributed by atoms with Crippen LogP contribution in [0.4, 0.5) is 0 Å². The Morgan fingerprint density at radius 2 is 2.24 bits per heavy atom. The van der Waals surface area contributed by atoms with Crippen LogP contribution >= 0.6 is 0 Å². The van der Waals surface area contributed by atoms with Gasteiger partial charge in [-0.05, 0) is 25.1 Å². The fourth-order valence-corrected chi connectivity index (χ4v) is 1.27. The van der Waals surface area contributed by atoms with Gasteiger partial charge in [0.2, 0.25) is 0 Å². The molecule has 0 radical (unpaired) electrons. The summed E-state index contributed by atoms with van der Waals surface area (Å²) in [6, 6.07) is 4.82. The van der Waals surface area contributed by atoms with E-state index in [9.17, 15) is 9.59 Å². The van der Waals surface area contributed by atoms with Crippen LogP contribution in [0.2, 0.25) is 0 Å². The Morgan fingerprint density at radius 1 is 1.47 bits per heavy atom. The van der Waals surface area contributed by atoms with E-state index in [0.717, 1.165) is 0 Å². The Balaban J connectivity index is 2.70. The van der Waals surface area contributed by atoms with Gasteiger partial charge in [-0.15, -0.1) is 0 Å². The lowest BCUT2D eigenvalue weighted by Gasteiger charge is -2.09. The zero-order chi connectivity index (χ0) is 12.7. The van der Waals surface area contributed by atoms with Crippen molar-refractivity contribution in [3.63, 3.8) is 0 Å². The first-order valence-corrected chi connectivity index (χ1v) is 5.24. The quantitative estimate of drug-likeness (QED) is 0.750. The SMILES string of the molecule is CCNC(=O)COc1ccc(OC)cc1C=O. The van der Waals surface area contributed by atoms with Crippen LogP contribution in [0.25, 0.3) is 0 Å². The van der Waals surface area contributed by atoms with Gasteiger partial charge in [-0.1, -0.05) is 0 Å². The molecule has 0 saturated carbocycles. The number of nitrogens with one attached hydrogen (secondary N) is 1. The van der Waals surface area contributed by atoms with E-state index in [1.165, 1.54) is 7.11 Å². The van der Waals surface area contributed by atoms with E-state index < -0.39 is 0 Å². The molecule has 0 spiro atoms. The van der Waals surface area contributed by atoms with Crippen molar-refractivity contribution >= 4 is 12.2 Å². The molecule has 0 fully saturated rings. The predicted molar refractivity (Wildman–Crippen MR) is 62.6 cm³/mol. The third-order valence-electron chi connectivity index (χ3n) is 2.08. The van der Waals surface area contributed by atoms with E-state index in [0.29, 0.717) is 29.9 Å². The zero-order valence-electron chi connectivity index (χ0n) is 9.86. The highest BCUT2D eigenvalue weighted by Gasteiger charge is 2.07. The molecule has 0 heterocycles. The standard InChI is InChI=1S/C12H15NO4/c1-3-13-12(15)8-17-11-5-4-10(16-2)6-9(11)7-14/h4-7H,3,8H2,1-2H3,(H,13,15). The van der Waals surface area contributed by atoms with Crippen molar-refractivity contribution in [2.75, 3.05) is 20.3 Å². The molecule has 5 heteroatoms. The molecule has 5 nitrogen and oxygen atoms in total. The summed E-state index contributed by atoms with van der Waals surface area (Å²) in [5.41, 5.74) is 0.355. The first-order chi connectivity index (χ1) is 8.21. The molecular formula is C12H15NO4. The number of rotatable bonds is 6. The van der Waals surface area contributed by atoms with Crippen molar-refractivity contribution in [1.82, 2.24) is 5.32 Å². The molecule has 92 valence electrons.